The molecule has 0 atom stereocenters. The highest BCUT2D eigenvalue weighted by molar-refractivity contribution is 6.18. The van der Waals surface area contributed by atoms with E-state index in [-0.39, 0.29) is 11.3 Å². The summed E-state index contributed by atoms with van der Waals surface area (Å²) in [5.41, 5.74) is 1.90. The first-order chi connectivity index (χ1) is 9.14. The molecule has 2 rings (SSSR count). The first kappa shape index (κ1) is 14.4. The van der Waals surface area contributed by atoms with Gasteiger partial charge in [0.1, 0.15) is 0 Å². The van der Waals surface area contributed by atoms with Crippen molar-refractivity contribution in [3.8, 4) is 0 Å². The Bertz CT molecular complexity index is 421. The van der Waals surface area contributed by atoms with E-state index in [1.807, 2.05) is 24.3 Å². The van der Waals surface area contributed by atoms with Gasteiger partial charge in [-0.05, 0) is 37.0 Å². The van der Waals surface area contributed by atoms with Gasteiger partial charge in [0.15, 0.2) is 0 Å². The van der Waals surface area contributed by atoms with Crippen molar-refractivity contribution in [2.75, 3.05) is 11.2 Å². The van der Waals surface area contributed by atoms with Crippen molar-refractivity contribution in [1.29, 1.82) is 0 Å². The van der Waals surface area contributed by atoms with Crippen LogP contribution >= 0.6 is 11.6 Å². The lowest BCUT2D eigenvalue weighted by Gasteiger charge is -2.32. The fourth-order valence-corrected chi connectivity index (χ4v) is 2.92. The zero-order chi connectivity index (χ0) is 13.7. The number of alkyl halides is 1. The largest absolute Gasteiger partial charge is 0.326 e. The van der Waals surface area contributed by atoms with Crippen LogP contribution in [0.25, 0.3) is 0 Å². The van der Waals surface area contributed by atoms with E-state index in [0.29, 0.717) is 5.88 Å². The van der Waals surface area contributed by atoms with Crippen LogP contribution < -0.4 is 5.32 Å². The molecule has 1 saturated carbocycles. The number of halogens is 1. The van der Waals surface area contributed by atoms with Crippen molar-refractivity contribution in [3.63, 3.8) is 0 Å². The first-order valence-corrected chi connectivity index (χ1v) is 7.64. The Kier molecular flexibility index (Phi) is 4.87. The van der Waals surface area contributed by atoms with Crippen LogP contribution in [-0.4, -0.2) is 11.8 Å². The second kappa shape index (κ2) is 6.42. The molecule has 1 N–H and O–H groups in total. The van der Waals surface area contributed by atoms with Crippen molar-refractivity contribution >= 4 is 23.2 Å². The number of rotatable bonds is 4. The van der Waals surface area contributed by atoms with E-state index >= 15 is 0 Å². The minimum absolute atomic E-state index is 0.164. The molecular weight excluding hydrogens is 258 g/mol. The number of anilines is 1. The molecule has 1 amide bonds. The smallest absolute Gasteiger partial charge is 0.230 e. The highest BCUT2D eigenvalue weighted by atomic mass is 35.5. The van der Waals surface area contributed by atoms with E-state index < -0.39 is 0 Å². The third-order valence-electron chi connectivity index (χ3n) is 4.10. The van der Waals surface area contributed by atoms with Crippen molar-refractivity contribution < 1.29 is 4.79 Å². The molecule has 1 aromatic carbocycles. The fraction of sp³-hybridized carbons (Fsp3) is 0.562. The molecule has 1 aromatic rings. The van der Waals surface area contributed by atoms with Crippen molar-refractivity contribution in [2.24, 2.45) is 5.41 Å². The molecular formula is C16H22ClNO. The molecule has 0 aromatic heterocycles. The Balaban J connectivity index is 1.98. The van der Waals surface area contributed by atoms with Crippen LogP contribution in [0.3, 0.4) is 0 Å². The van der Waals surface area contributed by atoms with Gasteiger partial charge in [-0.25, -0.2) is 0 Å². The second-order valence-electron chi connectivity index (χ2n) is 5.71. The van der Waals surface area contributed by atoms with Gasteiger partial charge in [-0.2, -0.15) is 0 Å². The highest BCUT2D eigenvalue weighted by Gasteiger charge is 2.34. The molecule has 0 radical (unpaired) electrons. The molecule has 0 spiro atoms. The maximum atomic E-state index is 12.4. The summed E-state index contributed by atoms with van der Waals surface area (Å²) in [5.74, 6) is 0.793. The summed E-state index contributed by atoms with van der Waals surface area (Å²) in [7, 11) is 0. The average molecular weight is 280 g/mol. The first-order valence-electron chi connectivity index (χ1n) is 7.10. The molecule has 1 aliphatic rings. The number of aryl methyl sites for hydroxylation is 1. The summed E-state index contributed by atoms with van der Waals surface area (Å²) in [4.78, 5) is 12.4. The zero-order valence-corrected chi connectivity index (χ0v) is 12.3. The lowest BCUT2D eigenvalue weighted by molar-refractivity contribution is -0.126. The third kappa shape index (κ3) is 3.73. The topological polar surface area (TPSA) is 29.1 Å². The summed E-state index contributed by atoms with van der Waals surface area (Å²) < 4.78 is 0. The molecule has 3 heteroatoms. The fourth-order valence-electron chi connectivity index (χ4n) is 2.71. The van der Waals surface area contributed by atoms with Gasteiger partial charge in [-0.1, -0.05) is 38.3 Å². The number of carbonyl (C=O) groups excluding carboxylic acids is 1. The number of nitrogens with one attached hydrogen (secondary N) is 1. The Morgan fingerprint density at radius 1 is 1.21 bits per heavy atom. The molecule has 104 valence electrons. The van der Waals surface area contributed by atoms with E-state index in [1.165, 1.54) is 24.8 Å². The van der Waals surface area contributed by atoms with Crippen molar-refractivity contribution in [1.82, 2.24) is 0 Å². The minimum atomic E-state index is -0.187. The number of benzene rings is 1. The lowest BCUT2D eigenvalue weighted by atomic mass is 9.75. The summed E-state index contributed by atoms with van der Waals surface area (Å²) in [6.45, 7) is 2.09. The van der Waals surface area contributed by atoms with E-state index in [1.54, 1.807) is 0 Å². The van der Waals surface area contributed by atoms with Gasteiger partial charge in [0.25, 0.3) is 0 Å². The van der Waals surface area contributed by atoms with Crippen LogP contribution in [0, 0.1) is 5.41 Å². The zero-order valence-electron chi connectivity index (χ0n) is 11.5. The third-order valence-corrected chi connectivity index (χ3v) is 4.29. The molecule has 0 bridgehead atoms. The summed E-state index contributed by atoms with van der Waals surface area (Å²) >= 11 is 5.71. The summed E-state index contributed by atoms with van der Waals surface area (Å²) in [6.07, 6.45) is 6.47. The quantitative estimate of drug-likeness (QED) is 0.815. The van der Waals surface area contributed by atoms with Crippen molar-refractivity contribution in [3.05, 3.63) is 29.8 Å². The SMILES string of the molecule is CC1(C(=O)Nc2ccc(CCCl)cc2)CCCCC1. The van der Waals surface area contributed by atoms with Gasteiger partial charge in [-0.3, -0.25) is 4.79 Å². The van der Waals surface area contributed by atoms with Crippen LogP contribution in [0.5, 0.6) is 0 Å². The average Bonchev–Trinajstić information content (AvgIpc) is 2.42. The Hall–Kier alpha value is -1.02. The highest BCUT2D eigenvalue weighted by Crippen LogP contribution is 2.36. The molecule has 0 aliphatic heterocycles. The molecule has 2 nitrogen and oxygen atoms in total. The number of hydrogen-bond acceptors (Lipinski definition) is 1. The minimum Gasteiger partial charge on any atom is -0.326 e. The van der Waals surface area contributed by atoms with Crippen LogP contribution in [0.4, 0.5) is 5.69 Å². The van der Waals surface area contributed by atoms with Crippen LogP contribution in [0.2, 0.25) is 0 Å². The monoisotopic (exact) mass is 279 g/mol. The molecule has 1 fully saturated rings. The maximum absolute atomic E-state index is 12.4. The Morgan fingerprint density at radius 2 is 1.84 bits per heavy atom. The lowest BCUT2D eigenvalue weighted by Crippen LogP contribution is -2.35. The van der Waals surface area contributed by atoms with Gasteiger partial charge >= 0.3 is 0 Å². The van der Waals surface area contributed by atoms with Gasteiger partial charge in [0, 0.05) is 17.0 Å². The van der Waals surface area contributed by atoms with Crippen molar-refractivity contribution in [2.45, 2.75) is 45.4 Å². The van der Waals surface area contributed by atoms with Crippen LogP contribution in [0.1, 0.15) is 44.6 Å². The molecule has 0 heterocycles. The van der Waals surface area contributed by atoms with Gasteiger partial charge in [0.2, 0.25) is 5.91 Å². The van der Waals surface area contributed by atoms with E-state index in [2.05, 4.69) is 12.2 Å². The van der Waals surface area contributed by atoms with Crippen LogP contribution in [0.15, 0.2) is 24.3 Å². The van der Waals surface area contributed by atoms with Gasteiger partial charge < -0.3 is 5.32 Å². The molecule has 0 saturated heterocycles. The van der Waals surface area contributed by atoms with E-state index in [9.17, 15) is 4.79 Å². The predicted molar refractivity (Wildman–Crippen MR) is 80.7 cm³/mol. The van der Waals surface area contributed by atoms with Crippen LogP contribution in [-0.2, 0) is 11.2 Å². The Labute approximate surface area is 120 Å². The molecule has 19 heavy (non-hydrogen) atoms. The summed E-state index contributed by atoms with van der Waals surface area (Å²) in [6, 6.07) is 7.99. The maximum Gasteiger partial charge on any atom is 0.230 e. The molecule has 1 aliphatic carbocycles. The Morgan fingerprint density at radius 3 is 2.42 bits per heavy atom. The predicted octanol–water partition coefficient (Wildman–Crippen LogP) is 4.38. The van der Waals surface area contributed by atoms with Gasteiger partial charge in [0.05, 0.1) is 0 Å². The van der Waals surface area contributed by atoms with Gasteiger partial charge in [-0.15, -0.1) is 11.6 Å². The second-order valence-corrected chi connectivity index (χ2v) is 6.09. The standard InChI is InChI=1S/C16H22ClNO/c1-16(10-3-2-4-11-16)15(19)18-14-7-5-13(6-8-14)9-12-17/h5-8H,2-4,9-12H2,1H3,(H,18,19). The van der Waals surface area contributed by atoms with E-state index in [4.69, 9.17) is 11.6 Å². The number of carbonyl (C=O) groups is 1. The summed E-state index contributed by atoms with van der Waals surface area (Å²) in [5, 5.41) is 3.05. The molecule has 0 unspecified atom stereocenters. The van der Waals surface area contributed by atoms with E-state index in [0.717, 1.165) is 24.9 Å². The number of amides is 1. The normalized spacial score (nSPS) is 18.0. The number of hydrogen-bond donors (Lipinski definition) is 1.